The first-order valence-corrected chi connectivity index (χ1v) is 6.29. The SMILES string of the molecule is O=[N+]([O-])c1nccn1[C@@H]1O[C@H](CI)[C@@H](O)[C@@H]1F. The number of aromatic nitrogens is 2. The van der Waals surface area contributed by atoms with E-state index in [9.17, 15) is 19.6 Å². The Morgan fingerprint density at radius 3 is 3.00 bits per heavy atom. The molecule has 4 atom stereocenters. The van der Waals surface area contributed by atoms with Gasteiger partial charge in [0.1, 0.15) is 18.5 Å². The highest BCUT2D eigenvalue weighted by Gasteiger charge is 2.47. The number of imidazole rings is 1. The molecule has 1 saturated heterocycles. The molecule has 7 nitrogen and oxygen atoms in total. The predicted molar refractivity (Wildman–Crippen MR) is 62.6 cm³/mol. The molecule has 0 aromatic carbocycles. The van der Waals surface area contributed by atoms with Crippen LogP contribution < -0.4 is 0 Å². The first kappa shape index (κ1) is 12.6. The molecule has 0 saturated carbocycles. The monoisotopic (exact) mass is 357 g/mol. The van der Waals surface area contributed by atoms with Crippen LogP contribution in [0.4, 0.5) is 10.3 Å². The topological polar surface area (TPSA) is 90.4 Å². The maximum absolute atomic E-state index is 13.8. The summed E-state index contributed by atoms with van der Waals surface area (Å²) in [6.45, 7) is 0. The molecule has 0 bridgehead atoms. The van der Waals surface area contributed by atoms with Crippen LogP contribution in [0.5, 0.6) is 0 Å². The number of aliphatic hydroxyl groups excluding tert-OH is 1. The molecule has 0 amide bonds. The van der Waals surface area contributed by atoms with Gasteiger partial charge in [0.15, 0.2) is 6.17 Å². The van der Waals surface area contributed by atoms with E-state index < -0.39 is 35.5 Å². The lowest BCUT2D eigenvalue weighted by atomic mass is 10.2. The summed E-state index contributed by atoms with van der Waals surface area (Å²) in [5.41, 5.74) is 0. The largest absolute Gasteiger partial charge is 0.436 e. The molecule has 17 heavy (non-hydrogen) atoms. The Morgan fingerprint density at radius 1 is 1.76 bits per heavy atom. The Hall–Kier alpha value is -0.810. The number of hydrogen-bond acceptors (Lipinski definition) is 5. The smallest absolute Gasteiger partial charge is 0.390 e. The molecule has 1 aliphatic rings. The third-order valence-corrected chi connectivity index (χ3v) is 3.40. The van der Waals surface area contributed by atoms with Crippen LogP contribution in [-0.2, 0) is 4.74 Å². The van der Waals surface area contributed by atoms with Gasteiger partial charge in [-0.05, 0) is 4.92 Å². The van der Waals surface area contributed by atoms with Crippen LogP contribution in [0.25, 0.3) is 0 Å². The number of aliphatic hydroxyl groups is 1. The Labute approximate surface area is 109 Å². The van der Waals surface area contributed by atoms with Crippen molar-refractivity contribution in [2.24, 2.45) is 0 Å². The van der Waals surface area contributed by atoms with Gasteiger partial charge in [0.05, 0.1) is 6.10 Å². The van der Waals surface area contributed by atoms with Crippen LogP contribution >= 0.6 is 22.6 Å². The fourth-order valence-electron chi connectivity index (χ4n) is 1.70. The van der Waals surface area contributed by atoms with Gasteiger partial charge >= 0.3 is 5.95 Å². The summed E-state index contributed by atoms with van der Waals surface area (Å²) < 4.78 is 20.4. The average molecular weight is 357 g/mol. The van der Waals surface area contributed by atoms with Crippen molar-refractivity contribution in [3.63, 3.8) is 0 Å². The number of hydrogen-bond donors (Lipinski definition) is 1. The lowest BCUT2D eigenvalue weighted by Gasteiger charge is -2.11. The molecule has 1 aromatic heterocycles. The van der Waals surface area contributed by atoms with Crippen molar-refractivity contribution >= 4 is 28.5 Å². The van der Waals surface area contributed by atoms with E-state index in [-0.39, 0.29) is 0 Å². The second-order valence-electron chi connectivity index (χ2n) is 3.55. The van der Waals surface area contributed by atoms with Crippen molar-refractivity contribution in [3.05, 3.63) is 22.5 Å². The lowest BCUT2D eigenvalue weighted by molar-refractivity contribution is -0.398. The van der Waals surface area contributed by atoms with E-state index in [2.05, 4.69) is 4.98 Å². The number of nitro groups is 1. The molecule has 0 spiro atoms. The fourth-order valence-corrected chi connectivity index (χ4v) is 2.43. The molecule has 1 aliphatic heterocycles. The van der Waals surface area contributed by atoms with Gasteiger partial charge in [-0.3, -0.25) is 0 Å². The van der Waals surface area contributed by atoms with Crippen LogP contribution in [0.1, 0.15) is 6.23 Å². The number of halogens is 2. The fraction of sp³-hybridized carbons (Fsp3) is 0.625. The van der Waals surface area contributed by atoms with Gasteiger partial charge in [-0.25, -0.2) is 4.39 Å². The van der Waals surface area contributed by atoms with Crippen LogP contribution in [0.3, 0.4) is 0 Å². The highest BCUT2D eigenvalue weighted by atomic mass is 127. The van der Waals surface area contributed by atoms with E-state index >= 15 is 0 Å². The van der Waals surface area contributed by atoms with Crippen molar-refractivity contribution in [1.82, 2.24) is 9.55 Å². The summed E-state index contributed by atoms with van der Waals surface area (Å²) in [6, 6.07) is 0. The molecule has 94 valence electrons. The molecular weight excluding hydrogens is 348 g/mol. The summed E-state index contributed by atoms with van der Waals surface area (Å²) in [5.74, 6) is -0.501. The summed E-state index contributed by atoms with van der Waals surface area (Å²) >= 11 is 1.95. The Bertz CT molecular complexity index is 429. The van der Waals surface area contributed by atoms with Gasteiger partial charge in [0, 0.05) is 4.43 Å². The second kappa shape index (κ2) is 4.82. The van der Waals surface area contributed by atoms with E-state index in [1.165, 1.54) is 12.4 Å². The third kappa shape index (κ3) is 2.13. The minimum absolute atomic E-state index is 0.401. The van der Waals surface area contributed by atoms with Crippen LogP contribution in [-0.4, -0.2) is 42.4 Å². The number of alkyl halides is 2. The van der Waals surface area contributed by atoms with Crippen molar-refractivity contribution in [3.8, 4) is 0 Å². The van der Waals surface area contributed by atoms with E-state index in [4.69, 9.17) is 4.74 Å². The average Bonchev–Trinajstić information content (AvgIpc) is 2.86. The second-order valence-corrected chi connectivity index (χ2v) is 4.43. The zero-order valence-electron chi connectivity index (χ0n) is 8.44. The van der Waals surface area contributed by atoms with Gasteiger partial charge in [-0.15, -0.1) is 0 Å². The standard InChI is InChI=1S/C8H9FIN3O4/c9-5-6(14)4(3-10)17-7(5)12-2-1-11-8(12)13(15)16/h1-2,4-7,14H,3H2/t4-,5+,6-,7-/m1/s1. The van der Waals surface area contributed by atoms with Gasteiger partial charge in [0.2, 0.25) is 6.23 Å². The lowest BCUT2D eigenvalue weighted by Crippen LogP contribution is -2.29. The first-order chi connectivity index (χ1) is 8.06. The van der Waals surface area contributed by atoms with E-state index in [0.717, 1.165) is 4.57 Å². The minimum Gasteiger partial charge on any atom is -0.390 e. The van der Waals surface area contributed by atoms with Gasteiger partial charge in [0.25, 0.3) is 0 Å². The predicted octanol–water partition coefficient (Wildman–Crippen LogP) is 0.823. The molecule has 1 fully saturated rings. The highest BCUT2D eigenvalue weighted by molar-refractivity contribution is 14.1. The molecule has 9 heteroatoms. The summed E-state index contributed by atoms with van der Waals surface area (Å²) in [7, 11) is 0. The summed E-state index contributed by atoms with van der Waals surface area (Å²) in [4.78, 5) is 13.4. The summed E-state index contributed by atoms with van der Waals surface area (Å²) in [6.07, 6.45) is -2.40. The van der Waals surface area contributed by atoms with E-state index in [0.29, 0.717) is 4.43 Å². The Kier molecular flexibility index (Phi) is 3.58. The molecule has 2 heterocycles. The molecule has 1 aromatic rings. The normalized spacial score (nSPS) is 32.9. The molecule has 0 unspecified atom stereocenters. The Morgan fingerprint density at radius 2 is 2.47 bits per heavy atom. The molecular formula is C8H9FIN3O4. The number of rotatable bonds is 3. The van der Waals surface area contributed by atoms with Crippen molar-refractivity contribution in [2.75, 3.05) is 4.43 Å². The molecule has 2 rings (SSSR count). The number of nitrogens with zero attached hydrogens (tertiary/aromatic N) is 3. The van der Waals surface area contributed by atoms with Crippen LogP contribution in [0.15, 0.2) is 12.4 Å². The van der Waals surface area contributed by atoms with Gasteiger partial charge in [-0.1, -0.05) is 27.6 Å². The highest BCUT2D eigenvalue weighted by Crippen LogP contribution is 2.34. The molecule has 1 N–H and O–H groups in total. The minimum atomic E-state index is -1.71. The Balaban J connectivity index is 2.29. The van der Waals surface area contributed by atoms with Crippen LogP contribution in [0, 0.1) is 10.1 Å². The van der Waals surface area contributed by atoms with E-state index in [1.807, 2.05) is 22.6 Å². The zero-order chi connectivity index (χ0) is 12.6. The third-order valence-electron chi connectivity index (χ3n) is 2.53. The van der Waals surface area contributed by atoms with Gasteiger partial charge in [-0.2, -0.15) is 4.57 Å². The quantitative estimate of drug-likeness (QED) is 0.375. The van der Waals surface area contributed by atoms with Crippen molar-refractivity contribution in [1.29, 1.82) is 0 Å². The zero-order valence-corrected chi connectivity index (χ0v) is 10.6. The molecule has 0 radical (unpaired) electrons. The first-order valence-electron chi connectivity index (χ1n) is 4.77. The maximum Gasteiger partial charge on any atom is 0.436 e. The van der Waals surface area contributed by atoms with Crippen LogP contribution in [0.2, 0.25) is 0 Å². The molecule has 0 aliphatic carbocycles. The van der Waals surface area contributed by atoms with Gasteiger partial charge < -0.3 is 20.0 Å². The van der Waals surface area contributed by atoms with E-state index in [1.54, 1.807) is 0 Å². The van der Waals surface area contributed by atoms with Crippen molar-refractivity contribution < 1.29 is 19.2 Å². The maximum atomic E-state index is 13.8. The number of ether oxygens (including phenoxy) is 1. The van der Waals surface area contributed by atoms with Crippen molar-refractivity contribution in [2.45, 2.75) is 24.6 Å². The summed E-state index contributed by atoms with van der Waals surface area (Å²) in [5, 5.41) is 20.2.